The third-order valence-electron chi connectivity index (χ3n) is 5.39. The van der Waals surface area contributed by atoms with Crippen LogP contribution >= 0.6 is 12.2 Å². The zero-order valence-corrected chi connectivity index (χ0v) is 18.2. The average Bonchev–Trinajstić information content (AvgIpc) is 3.22. The van der Waals surface area contributed by atoms with E-state index in [1.54, 1.807) is 28.4 Å². The minimum absolute atomic E-state index is 0.236. The van der Waals surface area contributed by atoms with Crippen LogP contribution in [0, 0.1) is 0 Å². The van der Waals surface area contributed by atoms with Gasteiger partial charge in [0.25, 0.3) is 0 Å². The Labute approximate surface area is 177 Å². The van der Waals surface area contributed by atoms with Crippen LogP contribution in [-0.4, -0.2) is 33.6 Å². The Morgan fingerprint density at radius 3 is 1.93 bits per heavy atom. The highest BCUT2D eigenvalue weighted by Crippen LogP contribution is 2.42. The van der Waals surface area contributed by atoms with Crippen LogP contribution < -0.4 is 29.6 Å². The molecule has 1 fully saturated rings. The molecule has 2 aromatic carbocycles. The summed E-state index contributed by atoms with van der Waals surface area (Å²) in [6.45, 7) is 0. The molecule has 1 saturated carbocycles. The second-order valence-corrected chi connectivity index (χ2v) is 7.42. The molecule has 0 amide bonds. The van der Waals surface area contributed by atoms with E-state index in [0.717, 1.165) is 48.4 Å². The molecule has 29 heavy (non-hydrogen) atoms. The Balaban J connectivity index is 1.81. The second-order valence-electron chi connectivity index (χ2n) is 7.01. The molecule has 0 saturated heterocycles. The van der Waals surface area contributed by atoms with Gasteiger partial charge in [-0.1, -0.05) is 18.9 Å². The van der Waals surface area contributed by atoms with Gasteiger partial charge < -0.3 is 29.6 Å². The fraction of sp³-hybridized carbons (Fsp3) is 0.409. The van der Waals surface area contributed by atoms with Crippen molar-refractivity contribution in [2.45, 2.75) is 31.2 Å². The van der Waals surface area contributed by atoms with E-state index in [4.69, 9.17) is 31.2 Å². The number of hydrogen-bond acceptors (Lipinski definition) is 5. The minimum Gasteiger partial charge on any atom is -0.493 e. The maximum absolute atomic E-state index is 5.64. The molecule has 7 heteroatoms. The van der Waals surface area contributed by atoms with Gasteiger partial charge in [0.15, 0.2) is 28.1 Å². The predicted octanol–water partition coefficient (Wildman–Crippen LogP) is 4.48. The predicted molar refractivity (Wildman–Crippen MR) is 119 cm³/mol. The van der Waals surface area contributed by atoms with Crippen LogP contribution in [-0.2, 0) is 5.54 Å². The van der Waals surface area contributed by atoms with Gasteiger partial charge in [-0.2, -0.15) is 0 Å². The molecule has 0 atom stereocenters. The van der Waals surface area contributed by atoms with Gasteiger partial charge in [-0.25, -0.2) is 0 Å². The van der Waals surface area contributed by atoms with Gasteiger partial charge >= 0.3 is 0 Å². The van der Waals surface area contributed by atoms with E-state index in [1.807, 2.05) is 30.3 Å². The molecule has 0 unspecified atom stereocenters. The Kier molecular flexibility index (Phi) is 6.69. The van der Waals surface area contributed by atoms with E-state index in [2.05, 4.69) is 16.7 Å². The zero-order valence-electron chi connectivity index (χ0n) is 17.3. The molecule has 1 aliphatic carbocycles. The van der Waals surface area contributed by atoms with Crippen molar-refractivity contribution in [1.82, 2.24) is 5.32 Å². The summed E-state index contributed by atoms with van der Waals surface area (Å²) in [5.74, 6) is 2.76. The quantitative estimate of drug-likeness (QED) is 0.646. The van der Waals surface area contributed by atoms with E-state index in [0.29, 0.717) is 16.6 Å². The van der Waals surface area contributed by atoms with Crippen LogP contribution in [0.1, 0.15) is 31.2 Å². The van der Waals surface area contributed by atoms with E-state index < -0.39 is 0 Å². The molecule has 156 valence electrons. The number of anilines is 1. The Morgan fingerprint density at radius 1 is 0.793 bits per heavy atom. The molecule has 0 heterocycles. The summed E-state index contributed by atoms with van der Waals surface area (Å²) >= 11 is 5.64. The first-order valence-electron chi connectivity index (χ1n) is 9.59. The van der Waals surface area contributed by atoms with Gasteiger partial charge in [0.05, 0.1) is 34.0 Å². The van der Waals surface area contributed by atoms with Crippen molar-refractivity contribution in [3.8, 4) is 23.0 Å². The smallest absolute Gasteiger partial charge is 0.171 e. The third kappa shape index (κ3) is 4.50. The Bertz CT molecular complexity index is 866. The Hall–Kier alpha value is -2.67. The lowest BCUT2D eigenvalue weighted by atomic mass is 9.88. The number of nitrogens with one attached hydrogen (secondary N) is 2. The number of thiocarbonyl (C=S) groups is 1. The first-order chi connectivity index (χ1) is 14.0. The largest absolute Gasteiger partial charge is 0.493 e. The van der Waals surface area contributed by atoms with Gasteiger partial charge in [-0.15, -0.1) is 0 Å². The zero-order chi connectivity index (χ0) is 20.9. The molecule has 6 nitrogen and oxygen atoms in total. The molecule has 0 aromatic heterocycles. The van der Waals surface area contributed by atoms with E-state index >= 15 is 0 Å². The maximum atomic E-state index is 5.64. The summed E-state index contributed by atoms with van der Waals surface area (Å²) in [5.41, 5.74) is 1.74. The number of benzene rings is 2. The highest BCUT2D eigenvalue weighted by Gasteiger charge is 2.37. The standard InChI is InChI=1S/C22H28N2O4S/c1-25-17-9-7-15(13-19(17)27-3)22(11-5-6-12-22)24-21(29)23-16-8-10-18(26-2)20(14-16)28-4/h7-10,13-14H,5-6,11-12H2,1-4H3,(H2,23,24,29). The van der Waals surface area contributed by atoms with E-state index in [1.165, 1.54) is 0 Å². The first kappa shape index (κ1) is 21.0. The summed E-state index contributed by atoms with van der Waals surface area (Å²) in [6, 6.07) is 11.7. The summed E-state index contributed by atoms with van der Waals surface area (Å²) in [4.78, 5) is 0. The fourth-order valence-electron chi connectivity index (χ4n) is 3.89. The number of methoxy groups -OCH3 is 4. The minimum atomic E-state index is -0.236. The lowest BCUT2D eigenvalue weighted by Gasteiger charge is -2.33. The lowest BCUT2D eigenvalue weighted by Crippen LogP contribution is -2.45. The highest BCUT2D eigenvalue weighted by molar-refractivity contribution is 7.80. The molecular formula is C22H28N2O4S. The van der Waals surface area contributed by atoms with Crippen LogP contribution in [0.2, 0.25) is 0 Å². The topological polar surface area (TPSA) is 61.0 Å². The molecular weight excluding hydrogens is 388 g/mol. The van der Waals surface area contributed by atoms with Gasteiger partial charge in [0.1, 0.15) is 0 Å². The fourth-order valence-corrected chi connectivity index (χ4v) is 4.21. The van der Waals surface area contributed by atoms with Crippen molar-refractivity contribution in [3.63, 3.8) is 0 Å². The van der Waals surface area contributed by atoms with Gasteiger partial charge in [-0.3, -0.25) is 0 Å². The summed E-state index contributed by atoms with van der Waals surface area (Å²) in [5, 5.41) is 7.40. The van der Waals surface area contributed by atoms with Crippen molar-refractivity contribution < 1.29 is 18.9 Å². The molecule has 1 aliphatic rings. The normalized spacial score (nSPS) is 14.8. The molecule has 0 radical (unpaired) electrons. The van der Waals surface area contributed by atoms with Gasteiger partial charge in [-0.05, 0) is 54.9 Å². The van der Waals surface area contributed by atoms with E-state index in [9.17, 15) is 0 Å². The van der Waals surface area contributed by atoms with Gasteiger partial charge in [0.2, 0.25) is 0 Å². The van der Waals surface area contributed by atoms with Crippen molar-refractivity contribution in [3.05, 3.63) is 42.0 Å². The van der Waals surface area contributed by atoms with E-state index in [-0.39, 0.29) is 5.54 Å². The highest BCUT2D eigenvalue weighted by atomic mass is 32.1. The SMILES string of the molecule is COc1ccc(NC(=S)NC2(c3ccc(OC)c(OC)c3)CCCC2)cc1OC. The molecule has 2 aromatic rings. The number of rotatable bonds is 7. The molecule has 3 rings (SSSR count). The van der Waals surface area contributed by atoms with Gasteiger partial charge in [0, 0.05) is 11.8 Å². The summed E-state index contributed by atoms with van der Waals surface area (Å²) in [7, 11) is 6.52. The first-order valence-corrected chi connectivity index (χ1v) is 10.00. The second kappa shape index (κ2) is 9.22. The van der Waals surface area contributed by atoms with Crippen molar-refractivity contribution >= 4 is 23.0 Å². The van der Waals surface area contributed by atoms with Crippen LogP contribution in [0.25, 0.3) is 0 Å². The van der Waals surface area contributed by atoms with Crippen LogP contribution in [0.15, 0.2) is 36.4 Å². The number of ether oxygens (including phenoxy) is 4. The van der Waals surface area contributed by atoms with Crippen LogP contribution in [0.5, 0.6) is 23.0 Å². The number of hydrogen-bond donors (Lipinski definition) is 2. The lowest BCUT2D eigenvalue weighted by molar-refractivity contribution is 0.350. The average molecular weight is 417 g/mol. The molecule has 0 bridgehead atoms. The summed E-state index contributed by atoms with van der Waals surface area (Å²) < 4.78 is 21.6. The van der Waals surface area contributed by atoms with Crippen molar-refractivity contribution in [2.75, 3.05) is 33.8 Å². The van der Waals surface area contributed by atoms with Crippen molar-refractivity contribution in [2.24, 2.45) is 0 Å². The maximum Gasteiger partial charge on any atom is 0.171 e. The molecule has 2 N–H and O–H groups in total. The van der Waals surface area contributed by atoms with Crippen LogP contribution in [0.4, 0.5) is 5.69 Å². The molecule has 0 aliphatic heterocycles. The molecule has 0 spiro atoms. The monoisotopic (exact) mass is 416 g/mol. The Morgan fingerprint density at radius 2 is 1.34 bits per heavy atom. The third-order valence-corrected chi connectivity index (χ3v) is 5.59. The van der Waals surface area contributed by atoms with Crippen LogP contribution in [0.3, 0.4) is 0 Å². The summed E-state index contributed by atoms with van der Waals surface area (Å²) in [6.07, 6.45) is 4.27. The van der Waals surface area contributed by atoms with Crippen molar-refractivity contribution in [1.29, 1.82) is 0 Å².